The van der Waals surface area contributed by atoms with Gasteiger partial charge < -0.3 is 26.0 Å². The fourth-order valence-corrected chi connectivity index (χ4v) is 4.91. The van der Waals surface area contributed by atoms with Gasteiger partial charge in [-0.25, -0.2) is 19.9 Å². The molecule has 6 aromatic rings. The van der Waals surface area contributed by atoms with E-state index in [1.54, 1.807) is 49.3 Å². The second-order valence-corrected chi connectivity index (χ2v) is 11.9. The Morgan fingerprint density at radius 3 is 1.52 bits per heavy atom. The highest BCUT2D eigenvalue weighted by molar-refractivity contribution is 5.61. The van der Waals surface area contributed by atoms with Crippen LogP contribution in [0.3, 0.4) is 0 Å². The molecule has 0 radical (unpaired) electrons. The van der Waals surface area contributed by atoms with Gasteiger partial charge >= 0.3 is 12.5 Å². The molecule has 4 aromatic heterocycles. The molecule has 0 bridgehead atoms. The number of anilines is 8. The fraction of sp³-hybridized carbons (Fsp3) is 0.231. The summed E-state index contributed by atoms with van der Waals surface area (Å²) in [4.78, 5) is 25.3. The maximum absolute atomic E-state index is 12.9. The molecule has 7 rings (SSSR count). The highest BCUT2D eigenvalue weighted by Gasteiger charge is 2.43. The summed E-state index contributed by atoms with van der Waals surface area (Å²) in [6, 6.07) is 21.1. The van der Waals surface area contributed by atoms with E-state index in [0.29, 0.717) is 17.3 Å². The molecule has 0 atom stereocenters. The minimum atomic E-state index is -4.55. The number of aryl methyl sites for hydroxylation is 2. The second-order valence-electron chi connectivity index (χ2n) is 11.9. The lowest BCUT2D eigenvalue weighted by atomic mass is 10.1. The smallest absolute Gasteiger partial charge is 0.428 e. The molecule has 4 heterocycles. The Morgan fingerprint density at radius 2 is 1.06 bits per heavy atom. The molecule has 4 N–H and O–H groups in total. The Kier molecular flexibility index (Phi) is 13.2. The van der Waals surface area contributed by atoms with E-state index in [0.717, 1.165) is 52.2 Å². The van der Waals surface area contributed by atoms with E-state index in [2.05, 4.69) is 80.2 Å². The van der Waals surface area contributed by atoms with Crippen molar-refractivity contribution in [3.8, 4) is 5.75 Å². The summed E-state index contributed by atoms with van der Waals surface area (Å²) < 4.78 is 53.9. The number of alkyl halides is 4. The van der Waals surface area contributed by atoms with Gasteiger partial charge in [0.05, 0.1) is 36.2 Å². The van der Waals surface area contributed by atoms with Crippen LogP contribution < -0.4 is 26.0 Å². The molecular weight excluding hydrogens is 700 g/mol. The molecule has 54 heavy (non-hydrogen) atoms. The van der Waals surface area contributed by atoms with Crippen LogP contribution in [0.1, 0.15) is 49.6 Å². The van der Waals surface area contributed by atoms with Gasteiger partial charge in [-0.3, -0.25) is 9.97 Å². The van der Waals surface area contributed by atoms with Crippen molar-refractivity contribution in [2.75, 3.05) is 21.3 Å². The second kappa shape index (κ2) is 18.4. The van der Waals surface area contributed by atoms with Gasteiger partial charge in [-0.2, -0.15) is 17.6 Å². The predicted molar refractivity (Wildman–Crippen MR) is 203 cm³/mol. The highest BCUT2D eigenvalue weighted by atomic mass is 19.3. The normalized spacial score (nSPS) is 12.0. The summed E-state index contributed by atoms with van der Waals surface area (Å²) in [6.07, 6.45) is 4.12. The van der Waals surface area contributed by atoms with E-state index in [4.69, 9.17) is 0 Å². The van der Waals surface area contributed by atoms with Crippen LogP contribution in [0, 0.1) is 13.8 Å². The fourth-order valence-electron chi connectivity index (χ4n) is 4.91. The zero-order valence-corrected chi connectivity index (χ0v) is 30.1. The zero-order chi connectivity index (χ0) is 38.5. The van der Waals surface area contributed by atoms with Crippen molar-refractivity contribution in [3.05, 3.63) is 127 Å². The van der Waals surface area contributed by atoms with E-state index in [1.165, 1.54) is 30.5 Å². The molecule has 0 saturated heterocycles. The van der Waals surface area contributed by atoms with Crippen LogP contribution in [-0.4, -0.2) is 42.4 Å². The van der Waals surface area contributed by atoms with E-state index >= 15 is 0 Å². The van der Waals surface area contributed by atoms with Gasteiger partial charge in [0.25, 0.3) is 0 Å². The number of hydrogen-bond donors (Lipinski definition) is 4. The molecule has 280 valence electrons. The monoisotopic (exact) mass is 740 g/mol. The first-order valence-electron chi connectivity index (χ1n) is 17.2. The molecule has 0 unspecified atom stereocenters. The molecule has 0 amide bonds. The maximum atomic E-state index is 12.9. The SMILES string of the molecule is CC.Cc1cc(Nc2cnc(Nc3ccc(C4CC4)cc3)nc2)cc(C)n1.FC(F)C(F)(F)Oc1ccc(Nc2ncc(Nc3ccncc3)cn2)cc1. The Balaban J connectivity index is 0.000000199. The van der Waals surface area contributed by atoms with Crippen molar-refractivity contribution in [1.29, 1.82) is 0 Å². The molecule has 15 heteroatoms. The summed E-state index contributed by atoms with van der Waals surface area (Å²) in [7, 11) is 0. The number of aromatic nitrogens is 6. The van der Waals surface area contributed by atoms with Gasteiger partial charge in [-0.05, 0) is 98.8 Å². The van der Waals surface area contributed by atoms with Gasteiger partial charge in [-0.15, -0.1) is 0 Å². The van der Waals surface area contributed by atoms with Crippen LogP contribution in [-0.2, 0) is 0 Å². The topological polar surface area (TPSA) is 135 Å². The first-order chi connectivity index (χ1) is 26.1. The molecule has 11 nitrogen and oxygen atoms in total. The molecule has 0 spiro atoms. The number of ether oxygens (including phenoxy) is 1. The van der Waals surface area contributed by atoms with E-state index in [-0.39, 0.29) is 11.7 Å². The number of halogens is 4. The van der Waals surface area contributed by atoms with E-state index < -0.39 is 12.5 Å². The van der Waals surface area contributed by atoms with Gasteiger partial charge in [0.2, 0.25) is 11.9 Å². The van der Waals surface area contributed by atoms with Gasteiger partial charge in [0, 0.05) is 46.5 Å². The summed E-state index contributed by atoms with van der Waals surface area (Å²) in [5.74, 6) is 1.24. The van der Waals surface area contributed by atoms with Crippen molar-refractivity contribution >= 4 is 46.0 Å². The number of nitrogens with zero attached hydrogens (tertiary/aromatic N) is 6. The molecule has 1 saturated carbocycles. The Labute approximate surface area is 310 Å². The quantitative estimate of drug-likeness (QED) is 0.0893. The van der Waals surface area contributed by atoms with Crippen molar-refractivity contribution in [3.63, 3.8) is 0 Å². The highest BCUT2D eigenvalue weighted by Crippen LogP contribution is 2.40. The molecule has 0 aliphatic heterocycles. The van der Waals surface area contributed by atoms with Crippen LogP contribution in [0.25, 0.3) is 0 Å². The van der Waals surface area contributed by atoms with Crippen LogP contribution in [0.4, 0.5) is 63.6 Å². The van der Waals surface area contributed by atoms with Crippen molar-refractivity contribution < 1.29 is 22.3 Å². The first kappa shape index (κ1) is 38.8. The van der Waals surface area contributed by atoms with Crippen LogP contribution >= 0.6 is 0 Å². The van der Waals surface area contributed by atoms with Gasteiger partial charge in [-0.1, -0.05) is 26.0 Å². The maximum Gasteiger partial charge on any atom is 0.461 e. The third kappa shape index (κ3) is 11.8. The third-order valence-electron chi connectivity index (χ3n) is 7.48. The van der Waals surface area contributed by atoms with Gasteiger partial charge in [0.15, 0.2) is 0 Å². The Bertz CT molecular complexity index is 2010. The molecule has 2 aromatic carbocycles. The number of benzene rings is 2. The van der Waals surface area contributed by atoms with E-state index in [9.17, 15) is 17.6 Å². The third-order valence-corrected chi connectivity index (χ3v) is 7.48. The predicted octanol–water partition coefficient (Wildman–Crippen LogP) is 10.5. The number of nitrogens with one attached hydrogen (secondary N) is 4. The zero-order valence-electron chi connectivity index (χ0n) is 30.1. The average molecular weight is 741 g/mol. The summed E-state index contributed by atoms with van der Waals surface area (Å²) in [5, 5.41) is 12.5. The largest absolute Gasteiger partial charge is 0.461 e. The summed E-state index contributed by atoms with van der Waals surface area (Å²) in [6.45, 7) is 7.96. The number of hydrogen-bond acceptors (Lipinski definition) is 11. The van der Waals surface area contributed by atoms with Gasteiger partial charge in [0.1, 0.15) is 5.75 Å². The molecular formula is C39H40F4N10O. The lowest BCUT2D eigenvalue weighted by Crippen LogP contribution is -2.33. The van der Waals surface area contributed by atoms with Crippen molar-refractivity contribution in [2.24, 2.45) is 0 Å². The molecule has 1 fully saturated rings. The summed E-state index contributed by atoms with van der Waals surface area (Å²) in [5.41, 5.74) is 8.18. The van der Waals surface area contributed by atoms with Crippen LogP contribution in [0.2, 0.25) is 0 Å². The lowest BCUT2D eigenvalue weighted by Gasteiger charge is -2.16. The van der Waals surface area contributed by atoms with Crippen molar-refractivity contribution in [2.45, 2.75) is 59.0 Å². The van der Waals surface area contributed by atoms with Crippen LogP contribution in [0.5, 0.6) is 5.75 Å². The molecule has 1 aliphatic rings. The summed E-state index contributed by atoms with van der Waals surface area (Å²) >= 11 is 0. The number of rotatable bonds is 12. The Morgan fingerprint density at radius 1 is 0.611 bits per heavy atom. The standard InChI is InChI=1S/C20H21N5.C17H13F4N5O.C2H6/c1-13-9-18(10-14(2)23-13)24-19-11-21-20(22-12-19)25-17-7-5-16(6-8-17)15-3-4-15;18-15(19)17(20,21)27-14-3-1-11(2-4-14)26-16-23-9-13(10-24-16)25-12-5-7-22-8-6-12;1-2/h5-12,15H,3-4H2,1-2H3,(H,23,24)(H,21,22,25);1-10,15H,(H,22,25)(H,23,24,26);1-2H3. The lowest BCUT2D eigenvalue weighted by molar-refractivity contribution is -0.253. The van der Waals surface area contributed by atoms with Crippen LogP contribution in [0.15, 0.2) is 110 Å². The van der Waals surface area contributed by atoms with E-state index in [1.807, 2.05) is 39.8 Å². The number of pyridine rings is 2. The first-order valence-corrected chi connectivity index (χ1v) is 17.2. The van der Waals surface area contributed by atoms with Crippen molar-refractivity contribution in [1.82, 2.24) is 29.9 Å². The minimum Gasteiger partial charge on any atom is -0.428 e. The molecule has 1 aliphatic carbocycles. The average Bonchev–Trinajstić information content (AvgIpc) is 4.02. The minimum absolute atomic E-state index is 0.266. The Hall–Kier alpha value is -6.38.